The zero-order valence-electron chi connectivity index (χ0n) is 16.5. The van der Waals surface area contributed by atoms with Crippen LogP contribution in [0.15, 0.2) is 52.1 Å². The van der Waals surface area contributed by atoms with Crippen LogP contribution in [0.2, 0.25) is 0 Å². The van der Waals surface area contributed by atoms with Gasteiger partial charge in [-0.1, -0.05) is 23.9 Å². The van der Waals surface area contributed by atoms with Gasteiger partial charge >= 0.3 is 0 Å². The van der Waals surface area contributed by atoms with Crippen molar-refractivity contribution in [3.05, 3.63) is 58.4 Å². The number of anilines is 1. The average molecular weight is 468 g/mol. The number of rotatable bonds is 7. The lowest BCUT2D eigenvalue weighted by Crippen LogP contribution is -2.13. The number of thiazole rings is 2. The third-order valence-electron chi connectivity index (χ3n) is 4.44. The minimum absolute atomic E-state index is 0.134. The first kappa shape index (κ1) is 20.1. The number of aryl methyl sites for hydroxylation is 3. The maximum absolute atomic E-state index is 12.3. The van der Waals surface area contributed by atoms with Crippen LogP contribution in [0.4, 0.5) is 5.69 Å². The molecule has 31 heavy (non-hydrogen) atoms. The number of hydrogen-bond acceptors (Lipinski definition) is 9. The van der Waals surface area contributed by atoms with E-state index in [1.165, 1.54) is 16.5 Å². The molecule has 0 radical (unpaired) electrons. The highest BCUT2D eigenvalue weighted by Gasteiger charge is 2.12. The number of para-hydroxylation sites is 1. The first-order valence-electron chi connectivity index (χ1n) is 9.59. The molecule has 10 heteroatoms. The van der Waals surface area contributed by atoms with Gasteiger partial charge in [0.05, 0.1) is 36.2 Å². The van der Waals surface area contributed by atoms with Crippen molar-refractivity contribution in [2.45, 2.75) is 25.0 Å². The predicted octanol–water partition coefficient (Wildman–Crippen LogP) is 5.11. The number of nitrogens with zero attached hydrogens (tertiary/aromatic N) is 4. The summed E-state index contributed by atoms with van der Waals surface area (Å²) in [5.41, 5.74) is 2.63. The van der Waals surface area contributed by atoms with Crippen LogP contribution in [0.25, 0.3) is 20.4 Å². The largest absolute Gasteiger partial charge is 0.416 e. The number of aromatic nitrogens is 4. The Hall–Kier alpha value is -2.82. The van der Waals surface area contributed by atoms with Crippen molar-refractivity contribution in [3.8, 4) is 0 Å². The van der Waals surface area contributed by atoms with Crippen molar-refractivity contribution < 1.29 is 9.21 Å². The predicted molar refractivity (Wildman–Crippen MR) is 125 cm³/mol. The third kappa shape index (κ3) is 4.76. The van der Waals surface area contributed by atoms with E-state index >= 15 is 0 Å². The molecule has 0 aliphatic carbocycles. The van der Waals surface area contributed by atoms with Crippen molar-refractivity contribution >= 4 is 66.5 Å². The number of nitrogens with one attached hydrogen (secondary N) is 1. The molecule has 156 valence electrons. The SMILES string of the molecule is Cc1nc2cc(NC(=O)CSc3nnc(CCc4nc5ccccc5s4)o3)ccc2s1. The molecule has 0 aliphatic rings. The second-order valence-electron chi connectivity index (χ2n) is 6.79. The summed E-state index contributed by atoms with van der Waals surface area (Å²) in [6.07, 6.45) is 1.36. The summed E-state index contributed by atoms with van der Waals surface area (Å²) in [4.78, 5) is 21.4. The van der Waals surface area contributed by atoms with Crippen LogP contribution < -0.4 is 5.32 Å². The third-order valence-corrected chi connectivity index (χ3v) is 7.31. The Labute approximate surface area is 189 Å². The fourth-order valence-electron chi connectivity index (χ4n) is 3.08. The molecule has 0 aliphatic heterocycles. The van der Waals surface area contributed by atoms with Crippen LogP contribution in [0.1, 0.15) is 15.9 Å². The summed E-state index contributed by atoms with van der Waals surface area (Å²) < 4.78 is 7.95. The van der Waals surface area contributed by atoms with E-state index in [1.54, 1.807) is 22.7 Å². The van der Waals surface area contributed by atoms with E-state index in [0.29, 0.717) is 17.5 Å². The summed E-state index contributed by atoms with van der Waals surface area (Å²) in [5, 5.41) is 13.4. The Morgan fingerprint density at radius 2 is 1.90 bits per heavy atom. The van der Waals surface area contributed by atoms with Crippen LogP contribution in [-0.4, -0.2) is 31.8 Å². The van der Waals surface area contributed by atoms with Gasteiger partial charge in [0.15, 0.2) is 0 Å². The second kappa shape index (κ2) is 8.74. The van der Waals surface area contributed by atoms with Crippen molar-refractivity contribution in [3.63, 3.8) is 0 Å². The van der Waals surface area contributed by atoms with E-state index in [9.17, 15) is 4.79 Å². The fraction of sp³-hybridized carbons (Fsp3) is 0.190. The van der Waals surface area contributed by atoms with Crippen molar-refractivity contribution in [2.24, 2.45) is 0 Å². The summed E-state index contributed by atoms with van der Waals surface area (Å²) in [6.45, 7) is 1.97. The number of carbonyl (C=O) groups excluding carboxylic acids is 1. The van der Waals surface area contributed by atoms with Gasteiger partial charge in [-0.3, -0.25) is 4.79 Å². The Kier molecular flexibility index (Phi) is 5.66. The van der Waals surface area contributed by atoms with E-state index in [2.05, 4.69) is 31.5 Å². The van der Waals surface area contributed by atoms with E-state index in [-0.39, 0.29) is 11.7 Å². The molecular weight excluding hydrogens is 450 g/mol. The number of benzene rings is 2. The van der Waals surface area contributed by atoms with Gasteiger partial charge in [-0.15, -0.1) is 32.9 Å². The minimum atomic E-state index is -0.134. The molecule has 5 rings (SSSR count). The summed E-state index contributed by atoms with van der Waals surface area (Å²) in [5.74, 6) is 0.602. The minimum Gasteiger partial charge on any atom is -0.416 e. The second-order valence-corrected chi connectivity index (χ2v) is 10.1. The molecule has 0 saturated heterocycles. The van der Waals surface area contributed by atoms with Crippen molar-refractivity contribution in [2.75, 3.05) is 11.1 Å². The molecule has 7 nitrogen and oxygen atoms in total. The van der Waals surface area contributed by atoms with E-state index in [1.807, 2.05) is 43.3 Å². The van der Waals surface area contributed by atoms with Gasteiger partial charge in [0.1, 0.15) is 0 Å². The van der Waals surface area contributed by atoms with E-state index in [0.717, 1.165) is 37.9 Å². The Morgan fingerprint density at radius 3 is 2.81 bits per heavy atom. The molecular formula is C21H17N5O2S3. The first-order valence-corrected chi connectivity index (χ1v) is 12.2. The molecule has 3 aromatic heterocycles. The molecule has 1 amide bonds. The summed E-state index contributed by atoms with van der Waals surface area (Å²) >= 11 is 4.53. The first-order chi connectivity index (χ1) is 15.1. The molecule has 0 spiro atoms. The van der Waals surface area contributed by atoms with Crippen LogP contribution in [-0.2, 0) is 17.6 Å². The number of carbonyl (C=O) groups is 1. The van der Waals surface area contributed by atoms with Crippen LogP contribution in [0.5, 0.6) is 0 Å². The van der Waals surface area contributed by atoms with E-state index < -0.39 is 0 Å². The quantitative estimate of drug-likeness (QED) is 0.332. The Morgan fingerprint density at radius 1 is 1.03 bits per heavy atom. The normalized spacial score (nSPS) is 11.4. The Bertz CT molecular complexity index is 1340. The Balaban J connectivity index is 1.13. The molecule has 0 saturated carbocycles. The smallest absolute Gasteiger partial charge is 0.277 e. The maximum atomic E-state index is 12.3. The standard InChI is InChI=1S/C21H17N5O2S3/c1-12-22-15-10-13(6-7-17(15)30-12)23-18(27)11-29-21-26-25-19(28-21)8-9-20-24-14-4-2-3-5-16(14)31-20/h2-7,10H,8-9,11H2,1H3,(H,23,27). The lowest BCUT2D eigenvalue weighted by atomic mass is 10.3. The highest BCUT2D eigenvalue weighted by molar-refractivity contribution is 7.99. The zero-order chi connectivity index (χ0) is 21.2. The lowest BCUT2D eigenvalue weighted by Gasteiger charge is -2.03. The highest BCUT2D eigenvalue weighted by atomic mass is 32.2. The number of hydrogen-bond donors (Lipinski definition) is 1. The summed E-state index contributed by atoms with van der Waals surface area (Å²) in [7, 11) is 0. The molecule has 5 aromatic rings. The molecule has 0 bridgehead atoms. The van der Waals surface area contributed by atoms with Gasteiger partial charge in [-0.2, -0.15) is 0 Å². The van der Waals surface area contributed by atoms with Gasteiger partial charge in [0.25, 0.3) is 5.22 Å². The molecule has 3 heterocycles. The topological polar surface area (TPSA) is 93.8 Å². The molecule has 0 fully saturated rings. The molecule has 0 atom stereocenters. The lowest BCUT2D eigenvalue weighted by molar-refractivity contribution is -0.113. The summed E-state index contributed by atoms with van der Waals surface area (Å²) in [6, 6.07) is 13.8. The van der Waals surface area contributed by atoms with Crippen molar-refractivity contribution in [1.29, 1.82) is 0 Å². The number of thioether (sulfide) groups is 1. The molecule has 0 unspecified atom stereocenters. The number of amides is 1. The maximum Gasteiger partial charge on any atom is 0.277 e. The monoisotopic (exact) mass is 467 g/mol. The van der Waals surface area contributed by atoms with Crippen LogP contribution in [0, 0.1) is 6.92 Å². The fourth-order valence-corrected chi connectivity index (χ4v) is 5.44. The molecule has 1 N–H and O–H groups in total. The van der Waals surface area contributed by atoms with Crippen molar-refractivity contribution in [1.82, 2.24) is 20.2 Å². The van der Waals surface area contributed by atoms with E-state index in [4.69, 9.17) is 4.42 Å². The van der Waals surface area contributed by atoms with Gasteiger partial charge in [0, 0.05) is 18.5 Å². The molecule has 2 aromatic carbocycles. The highest BCUT2D eigenvalue weighted by Crippen LogP contribution is 2.25. The van der Waals surface area contributed by atoms with Gasteiger partial charge in [-0.25, -0.2) is 9.97 Å². The van der Waals surface area contributed by atoms with Crippen LogP contribution in [0.3, 0.4) is 0 Å². The zero-order valence-corrected chi connectivity index (χ0v) is 18.9. The van der Waals surface area contributed by atoms with Gasteiger partial charge in [-0.05, 0) is 37.3 Å². The number of fused-ring (bicyclic) bond motifs is 2. The van der Waals surface area contributed by atoms with Gasteiger partial charge < -0.3 is 9.73 Å². The van der Waals surface area contributed by atoms with Crippen LogP contribution >= 0.6 is 34.4 Å². The van der Waals surface area contributed by atoms with Gasteiger partial charge in [0.2, 0.25) is 11.8 Å². The average Bonchev–Trinajstić information content (AvgIpc) is 3.47.